The molecule has 16 heavy (non-hydrogen) atoms. The van der Waals surface area contributed by atoms with Gasteiger partial charge in [0, 0.05) is 26.6 Å². The molecule has 0 aliphatic carbocycles. The van der Waals surface area contributed by atoms with E-state index >= 15 is 0 Å². The minimum Gasteiger partial charge on any atom is -0.481 e. The highest BCUT2D eigenvalue weighted by Crippen LogP contribution is 1.93. The molecule has 0 aromatic rings. The maximum absolute atomic E-state index is 11.2. The Labute approximate surface area is 95.4 Å². The van der Waals surface area contributed by atoms with Crippen molar-refractivity contribution >= 4 is 12.0 Å². The van der Waals surface area contributed by atoms with Crippen molar-refractivity contribution in [3.05, 3.63) is 0 Å². The topological polar surface area (TPSA) is 87.7 Å². The Hall–Kier alpha value is -1.30. The Morgan fingerprint density at radius 2 is 2.06 bits per heavy atom. The fraction of sp³-hybridized carbons (Fsp3) is 0.800. The van der Waals surface area contributed by atoms with Gasteiger partial charge in [0.15, 0.2) is 0 Å². The zero-order valence-electron chi connectivity index (χ0n) is 9.78. The highest BCUT2D eigenvalue weighted by molar-refractivity contribution is 5.73. The molecular weight excluding hydrogens is 212 g/mol. The molecule has 1 atom stereocenters. The monoisotopic (exact) mass is 232 g/mol. The van der Waals surface area contributed by atoms with Crippen molar-refractivity contribution in [2.24, 2.45) is 0 Å². The number of methoxy groups -OCH3 is 1. The molecule has 2 amide bonds. The molecule has 0 aromatic carbocycles. The predicted molar refractivity (Wildman–Crippen MR) is 59.4 cm³/mol. The zero-order valence-corrected chi connectivity index (χ0v) is 9.78. The second-order valence-corrected chi connectivity index (χ2v) is 3.40. The molecule has 6 heteroatoms. The number of amides is 2. The van der Waals surface area contributed by atoms with Gasteiger partial charge in [-0.3, -0.25) is 4.79 Å². The first kappa shape index (κ1) is 14.7. The Morgan fingerprint density at radius 3 is 2.56 bits per heavy atom. The number of urea groups is 1. The molecule has 0 heterocycles. The molecule has 0 radical (unpaired) electrons. The summed E-state index contributed by atoms with van der Waals surface area (Å²) in [5.74, 6) is -0.854. The van der Waals surface area contributed by atoms with Crippen LogP contribution in [0.15, 0.2) is 0 Å². The Bertz CT molecular complexity index is 217. The van der Waals surface area contributed by atoms with Crippen LogP contribution in [-0.4, -0.2) is 43.4 Å². The minimum absolute atomic E-state index is 0.0183. The molecule has 94 valence electrons. The number of carboxylic acids is 1. The first-order valence-corrected chi connectivity index (χ1v) is 5.36. The van der Waals surface area contributed by atoms with E-state index in [0.717, 1.165) is 6.42 Å². The summed E-state index contributed by atoms with van der Waals surface area (Å²) in [7, 11) is 1.60. The number of ether oxygens (including phenoxy) is 1. The van der Waals surface area contributed by atoms with E-state index in [0.29, 0.717) is 19.5 Å². The fourth-order valence-electron chi connectivity index (χ4n) is 1.10. The normalized spacial score (nSPS) is 11.9. The van der Waals surface area contributed by atoms with Crippen LogP contribution in [-0.2, 0) is 9.53 Å². The van der Waals surface area contributed by atoms with E-state index in [-0.39, 0.29) is 18.6 Å². The van der Waals surface area contributed by atoms with E-state index in [1.165, 1.54) is 0 Å². The maximum atomic E-state index is 11.2. The number of carbonyl (C=O) groups excluding carboxylic acids is 1. The number of aliphatic carboxylic acids is 1. The standard InChI is InChI=1S/C10H20N2O4/c1-3-8(16-2)7-12-10(15)11-6-4-5-9(13)14/h8H,3-7H2,1-2H3,(H,13,14)(H2,11,12,15). The van der Waals surface area contributed by atoms with Crippen molar-refractivity contribution in [1.82, 2.24) is 10.6 Å². The van der Waals surface area contributed by atoms with Gasteiger partial charge in [-0.15, -0.1) is 0 Å². The van der Waals surface area contributed by atoms with Crippen LogP contribution in [0.2, 0.25) is 0 Å². The molecule has 0 aromatic heterocycles. The number of hydrogen-bond acceptors (Lipinski definition) is 3. The van der Waals surface area contributed by atoms with Gasteiger partial charge in [-0.1, -0.05) is 6.92 Å². The largest absolute Gasteiger partial charge is 0.481 e. The lowest BCUT2D eigenvalue weighted by atomic mass is 10.3. The lowest BCUT2D eigenvalue weighted by Gasteiger charge is -2.14. The molecule has 0 spiro atoms. The van der Waals surface area contributed by atoms with Gasteiger partial charge >= 0.3 is 12.0 Å². The molecule has 0 fully saturated rings. The van der Waals surface area contributed by atoms with Gasteiger partial charge in [-0.05, 0) is 12.8 Å². The first-order valence-electron chi connectivity index (χ1n) is 5.36. The van der Waals surface area contributed by atoms with Gasteiger partial charge in [0.1, 0.15) is 0 Å². The molecule has 0 rings (SSSR count). The van der Waals surface area contributed by atoms with E-state index < -0.39 is 5.97 Å². The van der Waals surface area contributed by atoms with Crippen LogP contribution in [0.4, 0.5) is 4.79 Å². The van der Waals surface area contributed by atoms with Gasteiger partial charge in [-0.25, -0.2) is 4.79 Å². The molecular formula is C10H20N2O4. The summed E-state index contributed by atoms with van der Waals surface area (Å²) in [6, 6.07) is -0.291. The fourth-order valence-corrected chi connectivity index (χ4v) is 1.10. The molecule has 6 nitrogen and oxygen atoms in total. The third-order valence-corrected chi connectivity index (χ3v) is 2.13. The van der Waals surface area contributed by atoms with Crippen LogP contribution < -0.4 is 10.6 Å². The number of carbonyl (C=O) groups is 2. The van der Waals surface area contributed by atoms with Crippen LogP contribution in [0.1, 0.15) is 26.2 Å². The van der Waals surface area contributed by atoms with E-state index in [1.54, 1.807) is 7.11 Å². The van der Waals surface area contributed by atoms with Gasteiger partial charge in [-0.2, -0.15) is 0 Å². The van der Waals surface area contributed by atoms with Crippen LogP contribution in [0.25, 0.3) is 0 Å². The lowest BCUT2D eigenvalue weighted by molar-refractivity contribution is -0.137. The smallest absolute Gasteiger partial charge is 0.314 e. The van der Waals surface area contributed by atoms with Crippen LogP contribution in [0, 0.1) is 0 Å². The average Bonchev–Trinajstić information content (AvgIpc) is 2.25. The highest BCUT2D eigenvalue weighted by atomic mass is 16.5. The van der Waals surface area contributed by atoms with Crippen LogP contribution in [0.5, 0.6) is 0 Å². The van der Waals surface area contributed by atoms with Gasteiger partial charge < -0.3 is 20.5 Å². The van der Waals surface area contributed by atoms with Crippen molar-refractivity contribution in [1.29, 1.82) is 0 Å². The first-order chi connectivity index (χ1) is 7.60. The summed E-state index contributed by atoms with van der Waals surface area (Å²) in [4.78, 5) is 21.4. The quantitative estimate of drug-likeness (QED) is 0.534. The summed E-state index contributed by atoms with van der Waals surface area (Å²) >= 11 is 0. The Kier molecular flexibility index (Phi) is 8.24. The number of rotatable bonds is 8. The lowest BCUT2D eigenvalue weighted by Crippen LogP contribution is -2.40. The van der Waals surface area contributed by atoms with Gasteiger partial charge in [0.25, 0.3) is 0 Å². The second kappa shape index (κ2) is 8.96. The molecule has 3 N–H and O–H groups in total. The van der Waals surface area contributed by atoms with Gasteiger partial charge in [0.2, 0.25) is 0 Å². The summed E-state index contributed by atoms with van der Waals surface area (Å²) in [5.41, 5.74) is 0. The average molecular weight is 232 g/mol. The Morgan fingerprint density at radius 1 is 1.38 bits per heavy atom. The molecule has 1 unspecified atom stereocenters. The van der Waals surface area contributed by atoms with Crippen molar-refractivity contribution in [3.63, 3.8) is 0 Å². The van der Waals surface area contributed by atoms with Crippen LogP contribution in [0.3, 0.4) is 0 Å². The molecule has 0 saturated heterocycles. The Balaban J connectivity index is 3.47. The SMILES string of the molecule is CCC(CNC(=O)NCCCC(=O)O)OC. The second-order valence-electron chi connectivity index (χ2n) is 3.40. The third kappa shape index (κ3) is 8.05. The zero-order chi connectivity index (χ0) is 12.4. The van der Waals surface area contributed by atoms with E-state index in [4.69, 9.17) is 9.84 Å². The summed E-state index contributed by atoms with van der Waals surface area (Å²) < 4.78 is 5.09. The number of nitrogens with one attached hydrogen (secondary N) is 2. The van der Waals surface area contributed by atoms with Crippen molar-refractivity contribution in [2.75, 3.05) is 20.2 Å². The van der Waals surface area contributed by atoms with E-state index in [2.05, 4.69) is 10.6 Å². The van der Waals surface area contributed by atoms with Crippen LogP contribution >= 0.6 is 0 Å². The minimum atomic E-state index is -0.854. The van der Waals surface area contributed by atoms with E-state index in [9.17, 15) is 9.59 Å². The van der Waals surface area contributed by atoms with Crippen molar-refractivity contribution < 1.29 is 19.4 Å². The predicted octanol–water partition coefficient (Wildman–Crippen LogP) is 0.575. The van der Waals surface area contributed by atoms with E-state index in [1.807, 2.05) is 6.92 Å². The molecule has 0 aliphatic rings. The summed E-state index contributed by atoms with van der Waals surface area (Å²) in [6.45, 7) is 2.79. The number of carboxylic acid groups (broad SMARTS) is 1. The third-order valence-electron chi connectivity index (χ3n) is 2.13. The van der Waals surface area contributed by atoms with Gasteiger partial charge in [0.05, 0.1) is 6.10 Å². The highest BCUT2D eigenvalue weighted by Gasteiger charge is 2.06. The summed E-state index contributed by atoms with van der Waals surface area (Å²) in [5, 5.41) is 13.6. The molecule has 0 bridgehead atoms. The van der Waals surface area contributed by atoms with Crippen molar-refractivity contribution in [3.8, 4) is 0 Å². The molecule has 0 aliphatic heterocycles. The maximum Gasteiger partial charge on any atom is 0.314 e. The molecule has 0 saturated carbocycles. The number of hydrogen-bond donors (Lipinski definition) is 3. The summed E-state index contributed by atoms with van der Waals surface area (Å²) in [6.07, 6.45) is 1.35. The van der Waals surface area contributed by atoms with Crippen molar-refractivity contribution in [2.45, 2.75) is 32.3 Å².